The molecule has 188 valence electrons. The third-order valence-corrected chi connectivity index (χ3v) is 6.71. The Morgan fingerprint density at radius 1 is 1.00 bits per heavy atom. The standard InChI is InChI=1S/C27H27N7O3/c1-4-22-23(18-8-10-20(11-9-18)34-26(36)31(3)17(2)30-34)12-13-29-25(22)33-15-14-32(27(33)37)21-7-5-6-19(16-21)24(28)35/h5-13,16H,4,14-15H2,1-3H3,(H2,28,35). The minimum Gasteiger partial charge on any atom is -0.366 e. The van der Waals surface area contributed by atoms with Gasteiger partial charge in [-0.2, -0.15) is 9.78 Å². The van der Waals surface area contributed by atoms with Crippen LogP contribution in [0.5, 0.6) is 0 Å². The van der Waals surface area contributed by atoms with Gasteiger partial charge in [0.15, 0.2) is 0 Å². The highest BCUT2D eigenvalue weighted by atomic mass is 16.2. The Kier molecular flexibility index (Phi) is 6.08. The Morgan fingerprint density at radius 3 is 2.38 bits per heavy atom. The number of amides is 3. The zero-order valence-corrected chi connectivity index (χ0v) is 20.9. The van der Waals surface area contributed by atoms with E-state index in [2.05, 4.69) is 10.1 Å². The molecule has 0 bridgehead atoms. The van der Waals surface area contributed by atoms with E-state index in [1.54, 1.807) is 54.2 Å². The number of rotatable bonds is 6. The van der Waals surface area contributed by atoms with E-state index < -0.39 is 5.91 Å². The van der Waals surface area contributed by atoms with Crippen molar-refractivity contribution in [2.45, 2.75) is 20.3 Å². The van der Waals surface area contributed by atoms with Crippen LogP contribution in [0, 0.1) is 6.92 Å². The van der Waals surface area contributed by atoms with Crippen molar-refractivity contribution in [3.05, 3.63) is 88.2 Å². The summed E-state index contributed by atoms with van der Waals surface area (Å²) >= 11 is 0. The Hall–Kier alpha value is -4.73. The van der Waals surface area contributed by atoms with E-state index >= 15 is 0 Å². The lowest BCUT2D eigenvalue weighted by Crippen LogP contribution is -2.33. The molecule has 5 rings (SSSR count). The highest BCUT2D eigenvalue weighted by Crippen LogP contribution is 2.33. The lowest BCUT2D eigenvalue weighted by Gasteiger charge is -2.22. The number of aromatic nitrogens is 4. The van der Waals surface area contributed by atoms with E-state index in [1.807, 2.05) is 37.3 Å². The molecule has 1 aliphatic heterocycles. The van der Waals surface area contributed by atoms with Crippen LogP contribution < -0.4 is 21.2 Å². The molecule has 1 saturated heterocycles. The first-order valence-corrected chi connectivity index (χ1v) is 12.0. The van der Waals surface area contributed by atoms with Crippen LogP contribution in [0.15, 0.2) is 65.6 Å². The first-order chi connectivity index (χ1) is 17.8. The number of carbonyl (C=O) groups excluding carboxylic acids is 2. The van der Waals surface area contributed by atoms with Crippen LogP contribution in [0.3, 0.4) is 0 Å². The molecule has 4 aromatic rings. The van der Waals surface area contributed by atoms with E-state index in [1.165, 1.54) is 9.25 Å². The maximum absolute atomic E-state index is 13.4. The van der Waals surface area contributed by atoms with Crippen molar-refractivity contribution in [1.29, 1.82) is 0 Å². The average molecular weight is 498 g/mol. The summed E-state index contributed by atoms with van der Waals surface area (Å²) in [7, 11) is 1.69. The van der Waals surface area contributed by atoms with E-state index in [4.69, 9.17) is 5.73 Å². The number of nitrogens with two attached hydrogens (primary N) is 1. The van der Waals surface area contributed by atoms with Crippen LogP contribution in [-0.2, 0) is 13.5 Å². The van der Waals surface area contributed by atoms with Gasteiger partial charge in [-0.3, -0.25) is 19.2 Å². The summed E-state index contributed by atoms with van der Waals surface area (Å²) in [5, 5.41) is 4.32. The maximum Gasteiger partial charge on any atom is 0.350 e. The molecule has 0 radical (unpaired) electrons. The first-order valence-electron chi connectivity index (χ1n) is 12.0. The van der Waals surface area contributed by atoms with Crippen LogP contribution in [0.2, 0.25) is 0 Å². The third-order valence-electron chi connectivity index (χ3n) is 6.71. The van der Waals surface area contributed by atoms with Crippen molar-refractivity contribution >= 4 is 23.4 Å². The summed E-state index contributed by atoms with van der Waals surface area (Å²) in [6, 6.07) is 16.1. The van der Waals surface area contributed by atoms with Crippen LogP contribution in [0.1, 0.15) is 28.7 Å². The molecule has 10 nitrogen and oxygen atoms in total. The number of benzene rings is 2. The maximum atomic E-state index is 13.4. The molecular formula is C27H27N7O3. The summed E-state index contributed by atoms with van der Waals surface area (Å²) in [6.07, 6.45) is 2.37. The van der Waals surface area contributed by atoms with Crippen molar-refractivity contribution in [3.63, 3.8) is 0 Å². The molecule has 2 N–H and O–H groups in total. The molecule has 10 heteroatoms. The third kappa shape index (κ3) is 4.16. The number of anilines is 2. The van der Waals surface area contributed by atoms with Gasteiger partial charge in [0, 0.05) is 43.1 Å². The van der Waals surface area contributed by atoms with Gasteiger partial charge in [-0.25, -0.2) is 14.6 Å². The SMILES string of the molecule is CCc1c(-c2ccc(-n3nc(C)n(C)c3=O)cc2)ccnc1N1CCN(c2cccc(C(N)=O)c2)C1=O. The monoisotopic (exact) mass is 497 g/mol. The molecule has 0 aliphatic carbocycles. The van der Waals surface area contributed by atoms with Gasteiger partial charge in [-0.15, -0.1) is 0 Å². The van der Waals surface area contributed by atoms with E-state index in [-0.39, 0.29) is 11.7 Å². The van der Waals surface area contributed by atoms with Crippen LogP contribution in [0.25, 0.3) is 16.8 Å². The second-order valence-corrected chi connectivity index (χ2v) is 8.86. The van der Waals surface area contributed by atoms with Gasteiger partial charge in [0.1, 0.15) is 11.6 Å². The molecule has 0 atom stereocenters. The van der Waals surface area contributed by atoms with Gasteiger partial charge in [0.2, 0.25) is 5.91 Å². The Morgan fingerprint density at radius 2 is 1.73 bits per heavy atom. The van der Waals surface area contributed by atoms with Gasteiger partial charge in [0.05, 0.1) is 5.69 Å². The molecule has 1 aliphatic rings. The van der Waals surface area contributed by atoms with Crippen LogP contribution >= 0.6 is 0 Å². The van der Waals surface area contributed by atoms with Gasteiger partial charge in [-0.05, 0) is 60.9 Å². The summed E-state index contributed by atoms with van der Waals surface area (Å²) in [5.41, 5.74) is 9.71. The van der Waals surface area contributed by atoms with Crippen LogP contribution in [0.4, 0.5) is 16.3 Å². The lowest BCUT2D eigenvalue weighted by molar-refractivity contribution is 0.1000. The summed E-state index contributed by atoms with van der Waals surface area (Å²) in [5.74, 6) is 0.702. The quantitative estimate of drug-likeness (QED) is 0.439. The van der Waals surface area contributed by atoms with Gasteiger partial charge >= 0.3 is 11.7 Å². The smallest absolute Gasteiger partial charge is 0.350 e. The normalized spacial score (nSPS) is 13.4. The number of aryl methyl sites for hydroxylation is 1. The lowest BCUT2D eigenvalue weighted by atomic mass is 9.98. The number of nitrogens with zero attached hydrogens (tertiary/aromatic N) is 6. The van der Waals surface area contributed by atoms with E-state index in [0.717, 1.165) is 16.7 Å². The highest BCUT2D eigenvalue weighted by molar-refractivity contribution is 6.07. The molecule has 2 aromatic carbocycles. The predicted octanol–water partition coefficient (Wildman–Crippen LogP) is 3.05. The van der Waals surface area contributed by atoms with Crippen molar-refractivity contribution in [2.24, 2.45) is 12.8 Å². The number of carbonyl (C=O) groups is 2. The number of urea groups is 1. The van der Waals surface area contributed by atoms with Crippen molar-refractivity contribution < 1.29 is 9.59 Å². The molecular weight excluding hydrogens is 470 g/mol. The second kappa shape index (κ2) is 9.38. The predicted molar refractivity (Wildman–Crippen MR) is 141 cm³/mol. The molecule has 0 spiro atoms. The molecule has 0 saturated carbocycles. The fourth-order valence-corrected chi connectivity index (χ4v) is 4.62. The Labute approximate surface area is 213 Å². The number of primary amides is 1. The summed E-state index contributed by atoms with van der Waals surface area (Å²) in [6.45, 7) is 4.74. The van der Waals surface area contributed by atoms with Crippen molar-refractivity contribution in [2.75, 3.05) is 22.9 Å². The molecule has 2 aromatic heterocycles. The average Bonchev–Trinajstić information content (AvgIpc) is 3.42. The topological polar surface area (TPSA) is 119 Å². The summed E-state index contributed by atoms with van der Waals surface area (Å²) in [4.78, 5) is 45.3. The highest BCUT2D eigenvalue weighted by Gasteiger charge is 2.33. The van der Waals surface area contributed by atoms with Crippen molar-refractivity contribution in [3.8, 4) is 16.8 Å². The minimum absolute atomic E-state index is 0.204. The zero-order valence-electron chi connectivity index (χ0n) is 20.9. The minimum atomic E-state index is -0.540. The fourth-order valence-electron chi connectivity index (χ4n) is 4.62. The van der Waals surface area contributed by atoms with Gasteiger partial charge < -0.3 is 5.73 Å². The van der Waals surface area contributed by atoms with Gasteiger partial charge in [0.25, 0.3) is 0 Å². The Balaban J connectivity index is 1.46. The van der Waals surface area contributed by atoms with Gasteiger partial charge in [-0.1, -0.05) is 25.1 Å². The largest absolute Gasteiger partial charge is 0.366 e. The molecule has 1 fully saturated rings. The number of hydrogen-bond acceptors (Lipinski definition) is 5. The first kappa shape index (κ1) is 24.0. The van der Waals surface area contributed by atoms with E-state index in [9.17, 15) is 14.4 Å². The molecule has 37 heavy (non-hydrogen) atoms. The Bertz CT molecular complexity index is 1570. The molecule has 3 heterocycles. The molecule has 3 amide bonds. The summed E-state index contributed by atoms with van der Waals surface area (Å²) < 4.78 is 2.88. The molecule has 0 unspecified atom stereocenters. The zero-order chi connectivity index (χ0) is 26.3. The second-order valence-electron chi connectivity index (χ2n) is 8.86. The van der Waals surface area contributed by atoms with E-state index in [0.29, 0.717) is 48.1 Å². The fraction of sp³-hybridized carbons (Fsp3) is 0.222. The van der Waals surface area contributed by atoms with Crippen molar-refractivity contribution in [1.82, 2.24) is 19.3 Å². The number of pyridine rings is 1. The van der Waals surface area contributed by atoms with Crippen LogP contribution in [-0.4, -0.2) is 44.4 Å². The number of hydrogen-bond donors (Lipinski definition) is 1.